The Morgan fingerprint density at radius 3 is 1.39 bits per heavy atom. The van der Waals surface area contributed by atoms with Crippen molar-refractivity contribution in [1.82, 2.24) is 9.80 Å². The van der Waals surface area contributed by atoms with E-state index in [2.05, 4.69) is 10.6 Å². The van der Waals surface area contributed by atoms with E-state index < -0.39 is 12.1 Å². The van der Waals surface area contributed by atoms with Crippen LogP contribution in [0.1, 0.15) is 57.9 Å². The summed E-state index contributed by atoms with van der Waals surface area (Å²) in [6.07, 6.45) is 9.53. The molecule has 0 radical (unpaired) electrons. The molecule has 4 aromatic rings. The van der Waals surface area contributed by atoms with Crippen molar-refractivity contribution in [2.24, 2.45) is 0 Å². The lowest BCUT2D eigenvalue weighted by Crippen LogP contribution is -2.43. The van der Waals surface area contributed by atoms with Crippen molar-refractivity contribution in [3.63, 3.8) is 0 Å². The van der Waals surface area contributed by atoms with Gasteiger partial charge in [-0.1, -0.05) is 36.4 Å². The van der Waals surface area contributed by atoms with Crippen molar-refractivity contribution >= 4 is 47.2 Å². The number of anilines is 2. The summed E-state index contributed by atoms with van der Waals surface area (Å²) in [5.41, 5.74) is 3.18. The number of nitrogens with one attached hydrogen (secondary N) is 2. The summed E-state index contributed by atoms with van der Waals surface area (Å²) in [5, 5.41) is 5.85. The predicted octanol–water partition coefficient (Wildman–Crippen LogP) is 5.53. The largest absolute Gasteiger partial charge is 0.459 e. The Hall–Kier alpha value is -5.38. The molecule has 2 aliphatic rings. The number of carbonyl (C=O) groups excluding carboxylic acids is 4. The summed E-state index contributed by atoms with van der Waals surface area (Å²) in [6.45, 7) is 1.03. The molecule has 2 atom stereocenters. The van der Waals surface area contributed by atoms with Gasteiger partial charge in [0, 0.05) is 24.5 Å². The van der Waals surface area contributed by atoms with Crippen LogP contribution in [-0.2, 0) is 9.59 Å². The molecule has 0 spiro atoms. The van der Waals surface area contributed by atoms with E-state index in [1.807, 2.05) is 60.7 Å². The van der Waals surface area contributed by atoms with E-state index in [1.165, 1.54) is 12.5 Å². The Morgan fingerprint density at radius 2 is 1.02 bits per heavy atom. The molecule has 0 unspecified atom stereocenters. The fourth-order valence-corrected chi connectivity index (χ4v) is 5.65. The van der Waals surface area contributed by atoms with E-state index in [-0.39, 0.29) is 35.1 Å². The molecular formula is C34H32N4O6. The molecule has 4 amide bonds. The molecule has 2 aliphatic heterocycles. The minimum atomic E-state index is -0.541. The molecular weight excluding hydrogens is 560 g/mol. The monoisotopic (exact) mass is 592 g/mol. The van der Waals surface area contributed by atoms with Crippen LogP contribution in [0.5, 0.6) is 0 Å². The maximum atomic E-state index is 13.0. The van der Waals surface area contributed by atoms with Crippen molar-refractivity contribution in [3.05, 3.63) is 108 Å². The van der Waals surface area contributed by atoms with Crippen LogP contribution in [0.4, 0.5) is 11.4 Å². The highest BCUT2D eigenvalue weighted by atomic mass is 16.3. The Kier molecular flexibility index (Phi) is 8.40. The van der Waals surface area contributed by atoms with E-state index in [9.17, 15) is 19.2 Å². The van der Waals surface area contributed by atoms with Gasteiger partial charge in [0.2, 0.25) is 11.8 Å². The number of nitrogens with zero attached hydrogens (tertiary/aromatic N) is 2. The maximum Gasteiger partial charge on any atom is 0.290 e. The van der Waals surface area contributed by atoms with Gasteiger partial charge in [-0.15, -0.1) is 0 Å². The summed E-state index contributed by atoms with van der Waals surface area (Å²) in [4.78, 5) is 54.5. The predicted molar refractivity (Wildman–Crippen MR) is 165 cm³/mol. The third-order valence-electron chi connectivity index (χ3n) is 7.92. The fraction of sp³-hybridized carbons (Fsp3) is 0.235. The molecule has 0 bridgehead atoms. The van der Waals surface area contributed by atoms with Crippen LogP contribution < -0.4 is 10.6 Å². The van der Waals surface area contributed by atoms with Gasteiger partial charge < -0.3 is 29.3 Å². The summed E-state index contributed by atoms with van der Waals surface area (Å²) < 4.78 is 10.4. The molecule has 44 heavy (non-hydrogen) atoms. The maximum absolute atomic E-state index is 13.0. The van der Waals surface area contributed by atoms with E-state index in [0.717, 1.165) is 24.0 Å². The molecule has 2 aromatic carbocycles. The second-order valence-electron chi connectivity index (χ2n) is 10.8. The molecule has 2 fully saturated rings. The lowest BCUT2D eigenvalue weighted by molar-refractivity contribution is -0.120. The second kappa shape index (κ2) is 12.9. The number of furan rings is 2. The van der Waals surface area contributed by atoms with Crippen molar-refractivity contribution < 1.29 is 28.0 Å². The minimum absolute atomic E-state index is 0.220. The third-order valence-corrected chi connectivity index (χ3v) is 7.92. The normalized spacial score (nSPS) is 18.1. The van der Waals surface area contributed by atoms with Gasteiger partial charge >= 0.3 is 0 Å². The summed E-state index contributed by atoms with van der Waals surface area (Å²) in [6, 6.07) is 20.4. The minimum Gasteiger partial charge on any atom is -0.459 e. The lowest BCUT2D eigenvalue weighted by Gasteiger charge is -2.23. The highest BCUT2D eigenvalue weighted by Crippen LogP contribution is 2.24. The molecule has 224 valence electrons. The van der Waals surface area contributed by atoms with Crippen LogP contribution in [-0.4, -0.2) is 58.6 Å². The molecule has 6 rings (SSSR count). The van der Waals surface area contributed by atoms with Gasteiger partial charge in [0.25, 0.3) is 11.8 Å². The number of hydrogen-bond acceptors (Lipinski definition) is 6. The van der Waals surface area contributed by atoms with E-state index in [1.54, 1.807) is 34.1 Å². The Balaban J connectivity index is 1.01. The standard InChI is InChI=1S/C34H32N4O6/c39-31(27-5-1-19-37(27)33(41)29-7-3-21-43-29)35-25-15-11-23(12-16-25)9-10-24-13-17-26(18-14-24)36-32(40)28-6-2-20-38(28)34(42)30-8-4-22-44-30/h3-4,7-18,21-22,27-28H,1-2,5-6,19-20H2,(H,35,39)(H,36,40)/t27-,28-/m0/s1. The van der Waals surface area contributed by atoms with Crippen LogP contribution in [0.25, 0.3) is 12.2 Å². The van der Waals surface area contributed by atoms with Crippen molar-refractivity contribution in [3.8, 4) is 0 Å². The van der Waals surface area contributed by atoms with Crippen molar-refractivity contribution in [2.75, 3.05) is 23.7 Å². The molecule has 2 aromatic heterocycles. The van der Waals surface area contributed by atoms with Gasteiger partial charge in [0.05, 0.1) is 12.5 Å². The van der Waals surface area contributed by atoms with Crippen molar-refractivity contribution in [2.45, 2.75) is 37.8 Å². The van der Waals surface area contributed by atoms with Crippen molar-refractivity contribution in [1.29, 1.82) is 0 Å². The number of benzene rings is 2. The quantitative estimate of drug-likeness (QED) is 0.259. The van der Waals surface area contributed by atoms with Gasteiger partial charge in [-0.2, -0.15) is 0 Å². The van der Waals surface area contributed by atoms with E-state index >= 15 is 0 Å². The summed E-state index contributed by atoms with van der Waals surface area (Å²) in [7, 11) is 0. The molecule has 10 heteroatoms. The molecule has 2 N–H and O–H groups in total. The van der Waals surface area contributed by atoms with E-state index in [0.29, 0.717) is 37.3 Å². The Morgan fingerprint density at radius 1 is 0.614 bits per heavy atom. The van der Waals surface area contributed by atoms with Crippen LogP contribution in [0.15, 0.2) is 94.2 Å². The highest BCUT2D eigenvalue weighted by molar-refractivity contribution is 6.01. The van der Waals surface area contributed by atoms with Gasteiger partial charge in [0.15, 0.2) is 11.5 Å². The Bertz CT molecular complexity index is 1520. The van der Waals surface area contributed by atoms with Crippen LogP contribution >= 0.6 is 0 Å². The lowest BCUT2D eigenvalue weighted by atomic mass is 10.1. The SMILES string of the molecule is O=C(Nc1ccc(C=Cc2ccc(NC(=O)[C@@H]3CCCN3C(=O)c3ccco3)cc2)cc1)[C@@H]1CCCN1C(=O)c1ccco1. The summed E-state index contributed by atoms with van der Waals surface area (Å²) >= 11 is 0. The zero-order valence-electron chi connectivity index (χ0n) is 24.0. The average Bonchev–Trinajstić information content (AvgIpc) is 3.88. The molecule has 0 aliphatic carbocycles. The molecule has 2 saturated heterocycles. The highest BCUT2D eigenvalue weighted by Gasteiger charge is 2.36. The van der Waals surface area contributed by atoms with Gasteiger partial charge in [-0.25, -0.2) is 0 Å². The number of amides is 4. The number of likely N-dealkylation sites (tertiary alicyclic amines) is 2. The van der Waals surface area contributed by atoms with Gasteiger partial charge in [0.1, 0.15) is 12.1 Å². The topological polar surface area (TPSA) is 125 Å². The first-order valence-corrected chi connectivity index (χ1v) is 14.7. The molecule has 0 saturated carbocycles. The Labute approximate surface area is 254 Å². The average molecular weight is 593 g/mol. The van der Waals surface area contributed by atoms with Gasteiger partial charge in [-0.05, 0) is 85.3 Å². The van der Waals surface area contributed by atoms with Crippen LogP contribution in [0.2, 0.25) is 0 Å². The second-order valence-corrected chi connectivity index (χ2v) is 10.8. The zero-order valence-corrected chi connectivity index (χ0v) is 24.0. The fourth-order valence-electron chi connectivity index (χ4n) is 5.65. The van der Waals surface area contributed by atoms with Crippen LogP contribution in [0.3, 0.4) is 0 Å². The number of rotatable bonds is 8. The molecule has 10 nitrogen and oxygen atoms in total. The number of hydrogen-bond donors (Lipinski definition) is 2. The first-order valence-electron chi connectivity index (χ1n) is 14.7. The number of carbonyl (C=O) groups is 4. The molecule has 4 heterocycles. The smallest absolute Gasteiger partial charge is 0.290 e. The first kappa shape index (κ1) is 28.7. The summed E-state index contributed by atoms with van der Waals surface area (Å²) in [5.74, 6) is -0.528. The van der Waals surface area contributed by atoms with Gasteiger partial charge in [-0.3, -0.25) is 19.2 Å². The van der Waals surface area contributed by atoms with Crippen LogP contribution in [0, 0.1) is 0 Å². The van der Waals surface area contributed by atoms with E-state index in [4.69, 9.17) is 8.83 Å². The first-order chi connectivity index (χ1) is 21.5. The zero-order chi connectivity index (χ0) is 30.5. The third kappa shape index (κ3) is 6.34.